The van der Waals surface area contributed by atoms with Crippen molar-refractivity contribution < 1.29 is 4.74 Å². The summed E-state index contributed by atoms with van der Waals surface area (Å²) < 4.78 is 5.28. The Morgan fingerprint density at radius 2 is 2.04 bits per heavy atom. The molecule has 6 heteroatoms. The van der Waals surface area contributed by atoms with Gasteiger partial charge in [0.15, 0.2) is 5.96 Å². The van der Waals surface area contributed by atoms with E-state index in [2.05, 4.69) is 29.4 Å². The maximum atomic E-state index is 5.28. The molecule has 0 aromatic rings. The highest BCUT2D eigenvalue weighted by Crippen LogP contribution is 2.44. The number of nitrogens with one attached hydrogen (secondary N) is 2. The van der Waals surface area contributed by atoms with Crippen LogP contribution in [0.1, 0.15) is 58.8 Å². The van der Waals surface area contributed by atoms with Crippen LogP contribution >= 0.6 is 24.0 Å². The van der Waals surface area contributed by atoms with Crippen molar-refractivity contribution in [1.29, 1.82) is 0 Å². The summed E-state index contributed by atoms with van der Waals surface area (Å²) in [7, 11) is 1.79. The fourth-order valence-electron chi connectivity index (χ4n) is 3.88. The number of hydrogen-bond acceptors (Lipinski definition) is 3. The molecule has 2 rings (SSSR count). The summed E-state index contributed by atoms with van der Waals surface area (Å²) in [5.74, 6) is 0.978. The van der Waals surface area contributed by atoms with E-state index < -0.39 is 0 Å². The van der Waals surface area contributed by atoms with E-state index in [9.17, 15) is 0 Å². The van der Waals surface area contributed by atoms with Gasteiger partial charge in [-0.05, 0) is 57.9 Å². The number of nitrogens with zero attached hydrogens (tertiary/aromatic N) is 2. The van der Waals surface area contributed by atoms with E-state index in [0.717, 1.165) is 51.2 Å². The predicted molar refractivity (Wildman–Crippen MR) is 117 cm³/mol. The molecule has 0 bridgehead atoms. The Morgan fingerprint density at radius 3 is 2.64 bits per heavy atom. The van der Waals surface area contributed by atoms with Gasteiger partial charge in [-0.1, -0.05) is 12.8 Å². The van der Waals surface area contributed by atoms with Gasteiger partial charge in [0, 0.05) is 45.9 Å². The minimum atomic E-state index is 0. The highest BCUT2D eigenvalue weighted by atomic mass is 127. The fraction of sp³-hybridized carbons (Fsp3) is 0.947. The number of halogens is 1. The zero-order chi connectivity index (χ0) is 17.3. The maximum Gasteiger partial charge on any atom is 0.191 e. The Kier molecular flexibility index (Phi) is 11.3. The standard InChI is InChI=1S/C19H38N4O.HI/c1-4-20-18(21-12-14-23-13-6-5-8-17(23)2)22-16-19(9-7-10-19)11-15-24-3;/h17H,4-16H2,1-3H3,(H2,20,21,22);1H. The van der Waals surface area contributed by atoms with Gasteiger partial charge in [-0.2, -0.15) is 0 Å². The van der Waals surface area contributed by atoms with Gasteiger partial charge in [-0.25, -0.2) is 0 Å². The number of piperidine rings is 1. The summed E-state index contributed by atoms with van der Waals surface area (Å²) in [6.07, 6.45) is 9.15. The van der Waals surface area contributed by atoms with Gasteiger partial charge in [0.25, 0.3) is 0 Å². The van der Waals surface area contributed by atoms with Crippen molar-refractivity contribution in [2.45, 2.75) is 64.8 Å². The first kappa shape index (κ1) is 23.0. The molecule has 5 nitrogen and oxygen atoms in total. The van der Waals surface area contributed by atoms with Crippen molar-refractivity contribution in [3.8, 4) is 0 Å². The highest BCUT2D eigenvalue weighted by Gasteiger charge is 2.36. The van der Waals surface area contributed by atoms with Crippen LogP contribution in [-0.4, -0.2) is 63.3 Å². The zero-order valence-corrected chi connectivity index (χ0v) is 18.8. The van der Waals surface area contributed by atoms with Gasteiger partial charge in [0.1, 0.15) is 0 Å². The second-order valence-electron chi connectivity index (χ2n) is 7.60. The number of likely N-dealkylation sites (tertiary alicyclic amines) is 1. The van der Waals surface area contributed by atoms with Crippen LogP contribution in [-0.2, 0) is 4.74 Å². The number of methoxy groups -OCH3 is 1. The van der Waals surface area contributed by atoms with Crippen molar-refractivity contribution in [1.82, 2.24) is 15.5 Å². The molecule has 1 aliphatic heterocycles. The van der Waals surface area contributed by atoms with Crippen LogP contribution < -0.4 is 10.6 Å². The fourth-order valence-corrected chi connectivity index (χ4v) is 3.88. The molecule has 1 aliphatic carbocycles. The van der Waals surface area contributed by atoms with Crippen molar-refractivity contribution in [3.63, 3.8) is 0 Å². The second-order valence-corrected chi connectivity index (χ2v) is 7.60. The van der Waals surface area contributed by atoms with Crippen molar-refractivity contribution in [2.75, 3.05) is 46.4 Å². The molecular weight excluding hydrogens is 427 g/mol. The lowest BCUT2D eigenvalue weighted by Crippen LogP contribution is -2.45. The number of rotatable bonds is 9. The smallest absolute Gasteiger partial charge is 0.191 e. The van der Waals surface area contributed by atoms with Gasteiger partial charge in [-0.3, -0.25) is 9.89 Å². The lowest BCUT2D eigenvalue weighted by molar-refractivity contribution is 0.0778. The molecule has 1 heterocycles. The third kappa shape index (κ3) is 7.59. The average molecular weight is 466 g/mol. The third-order valence-electron chi connectivity index (χ3n) is 5.80. The van der Waals surface area contributed by atoms with Crippen molar-refractivity contribution in [3.05, 3.63) is 0 Å². The van der Waals surface area contributed by atoms with Crippen LogP contribution in [0.3, 0.4) is 0 Å². The van der Waals surface area contributed by atoms with Crippen molar-refractivity contribution >= 4 is 29.9 Å². The average Bonchev–Trinajstić information content (AvgIpc) is 2.55. The monoisotopic (exact) mass is 466 g/mol. The molecule has 0 aromatic carbocycles. The first-order valence-corrected chi connectivity index (χ1v) is 9.94. The Balaban J connectivity index is 0.00000312. The van der Waals surface area contributed by atoms with Gasteiger partial charge in [0.2, 0.25) is 0 Å². The number of ether oxygens (including phenoxy) is 1. The molecule has 2 N–H and O–H groups in total. The van der Waals surface area contributed by atoms with Crippen LogP contribution in [0.4, 0.5) is 0 Å². The van der Waals surface area contributed by atoms with Gasteiger partial charge >= 0.3 is 0 Å². The summed E-state index contributed by atoms with van der Waals surface area (Å²) in [6, 6.07) is 0.729. The molecule has 0 amide bonds. The molecule has 0 aromatic heterocycles. The lowest BCUT2D eigenvalue weighted by atomic mass is 9.67. The molecule has 1 unspecified atom stereocenters. The van der Waals surface area contributed by atoms with Crippen LogP contribution in [0.2, 0.25) is 0 Å². The Morgan fingerprint density at radius 1 is 1.24 bits per heavy atom. The van der Waals surface area contributed by atoms with Crippen LogP contribution in [0, 0.1) is 5.41 Å². The summed E-state index contributed by atoms with van der Waals surface area (Å²) in [5, 5.41) is 6.93. The van der Waals surface area contributed by atoms with Crippen LogP contribution in [0.25, 0.3) is 0 Å². The Labute approximate surface area is 171 Å². The van der Waals surface area contributed by atoms with Gasteiger partial charge < -0.3 is 15.4 Å². The Bertz CT molecular complexity index is 388. The molecule has 2 aliphatic rings. The molecular formula is C19H39IN4O. The topological polar surface area (TPSA) is 48.9 Å². The van der Waals surface area contributed by atoms with Crippen molar-refractivity contribution in [2.24, 2.45) is 10.4 Å². The molecule has 25 heavy (non-hydrogen) atoms. The van der Waals surface area contributed by atoms with Crippen LogP contribution in [0.15, 0.2) is 4.99 Å². The van der Waals surface area contributed by atoms with E-state index in [0.29, 0.717) is 5.41 Å². The molecule has 0 radical (unpaired) electrons. The van der Waals surface area contributed by atoms with E-state index in [-0.39, 0.29) is 24.0 Å². The molecule has 2 fully saturated rings. The predicted octanol–water partition coefficient (Wildman–Crippen LogP) is 3.24. The summed E-state index contributed by atoms with van der Waals surface area (Å²) >= 11 is 0. The SMILES string of the molecule is CCNC(=NCC1(CCOC)CCC1)NCCN1CCCCC1C.I. The number of guanidine groups is 1. The van der Waals surface area contributed by atoms with E-state index >= 15 is 0 Å². The maximum absolute atomic E-state index is 5.28. The molecule has 0 spiro atoms. The molecule has 1 atom stereocenters. The van der Waals surface area contributed by atoms with Gasteiger partial charge in [0.05, 0.1) is 0 Å². The summed E-state index contributed by atoms with van der Waals surface area (Å²) in [4.78, 5) is 7.49. The quantitative estimate of drug-likeness (QED) is 0.311. The lowest BCUT2D eigenvalue weighted by Gasteiger charge is -2.40. The van der Waals surface area contributed by atoms with E-state index in [1.54, 1.807) is 7.11 Å². The first-order chi connectivity index (χ1) is 11.7. The van der Waals surface area contributed by atoms with Gasteiger partial charge in [-0.15, -0.1) is 24.0 Å². The largest absolute Gasteiger partial charge is 0.385 e. The normalized spacial score (nSPS) is 23.5. The third-order valence-corrected chi connectivity index (χ3v) is 5.80. The minimum absolute atomic E-state index is 0. The first-order valence-electron chi connectivity index (χ1n) is 9.94. The molecule has 1 saturated carbocycles. The van der Waals surface area contributed by atoms with E-state index in [1.165, 1.54) is 45.1 Å². The zero-order valence-electron chi connectivity index (χ0n) is 16.5. The summed E-state index contributed by atoms with van der Waals surface area (Å²) in [5.41, 5.74) is 0.389. The van der Waals surface area contributed by atoms with Crippen LogP contribution in [0.5, 0.6) is 0 Å². The minimum Gasteiger partial charge on any atom is -0.385 e. The number of hydrogen-bond donors (Lipinski definition) is 2. The number of aliphatic imine (C=N–C) groups is 1. The molecule has 1 saturated heterocycles. The molecule has 148 valence electrons. The highest BCUT2D eigenvalue weighted by molar-refractivity contribution is 14.0. The summed E-state index contributed by atoms with van der Waals surface area (Å²) in [6.45, 7) is 10.5. The second kappa shape index (κ2) is 12.3. The van der Waals surface area contributed by atoms with E-state index in [1.807, 2.05) is 0 Å². The van der Waals surface area contributed by atoms with E-state index in [4.69, 9.17) is 9.73 Å². The Hall–Kier alpha value is -0.0800.